The maximum absolute atomic E-state index is 12.6. The van der Waals surface area contributed by atoms with Crippen LogP contribution in [0.5, 0.6) is 0 Å². The van der Waals surface area contributed by atoms with E-state index in [4.69, 9.17) is 9.26 Å². The van der Waals surface area contributed by atoms with E-state index in [1.807, 2.05) is 0 Å². The smallest absolute Gasteiger partial charge is 0.359 e. The first-order valence-corrected chi connectivity index (χ1v) is 11.7. The van der Waals surface area contributed by atoms with Crippen molar-refractivity contribution < 1.29 is 34.0 Å². The highest BCUT2D eigenvalue weighted by Crippen LogP contribution is 2.58. The molecule has 0 aromatic carbocycles. The van der Waals surface area contributed by atoms with Gasteiger partial charge in [-0.25, -0.2) is 4.79 Å². The summed E-state index contributed by atoms with van der Waals surface area (Å²) in [5, 5.41) is 27.9. The number of nitrogens with zero attached hydrogens (tertiary/aromatic N) is 2. The molecule has 180 valence electrons. The molecule has 0 fully saturated rings. The van der Waals surface area contributed by atoms with Gasteiger partial charge in [0.05, 0.1) is 24.4 Å². The molecule has 4 N–H and O–H groups in total. The third-order valence-electron chi connectivity index (χ3n) is 5.61. The Hall–Kier alpha value is -1.33. The van der Waals surface area contributed by atoms with Crippen molar-refractivity contribution in [3.8, 4) is 0 Å². The van der Waals surface area contributed by atoms with Crippen LogP contribution in [0.4, 0.5) is 0 Å². The summed E-state index contributed by atoms with van der Waals surface area (Å²) in [7, 11) is -1.66. The van der Waals surface area contributed by atoms with Crippen LogP contribution >= 0.6 is 7.60 Å². The van der Waals surface area contributed by atoms with E-state index in [0.29, 0.717) is 6.42 Å². The Balaban J connectivity index is 3.09. The van der Waals surface area contributed by atoms with Crippen LogP contribution in [0, 0.1) is 0 Å². The summed E-state index contributed by atoms with van der Waals surface area (Å²) in [6.45, 7) is 5.32. The van der Waals surface area contributed by atoms with E-state index < -0.39 is 48.6 Å². The number of aliphatic hydroxyl groups is 3. The second-order valence-electron chi connectivity index (χ2n) is 8.12. The van der Waals surface area contributed by atoms with Crippen LogP contribution in [0.15, 0.2) is 15.8 Å². The molecular formula is C19H35N2O9P. The third-order valence-corrected chi connectivity index (χ3v) is 7.84. The molecule has 1 heterocycles. The highest BCUT2D eigenvalue weighted by Gasteiger charge is 2.46. The summed E-state index contributed by atoms with van der Waals surface area (Å²) in [6, 6.07) is 0. The van der Waals surface area contributed by atoms with Gasteiger partial charge < -0.3 is 34.0 Å². The Labute approximate surface area is 181 Å². The summed E-state index contributed by atoms with van der Waals surface area (Å²) in [5.41, 5.74) is -2.40. The zero-order valence-electron chi connectivity index (χ0n) is 18.9. The van der Waals surface area contributed by atoms with Crippen molar-refractivity contribution in [2.75, 3.05) is 13.2 Å². The van der Waals surface area contributed by atoms with Gasteiger partial charge in [0.1, 0.15) is 12.2 Å². The molecule has 0 aliphatic heterocycles. The Kier molecular flexibility index (Phi) is 9.41. The molecule has 31 heavy (non-hydrogen) atoms. The van der Waals surface area contributed by atoms with Crippen molar-refractivity contribution in [2.45, 2.75) is 70.1 Å². The fourth-order valence-corrected chi connectivity index (χ4v) is 4.23. The zero-order chi connectivity index (χ0) is 24.2. The molecule has 0 amide bonds. The van der Waals surface area contributed by atoms with Crippen LogP contribution in [-0.4, -0.2) is 59.6 Å². The molecule has 3 unspecified atom stereocenters. The highest BCUT2D eigenvalue weighted by molar-refractivity contribution is 7.54. The number of aryl methyl sites for hydroxylation is 1. The van der Waals surface area contributed by atoms with Crippen LogP contribution in [0.1, 0.15) is 58.6 Å². The lowest BCUT2D eigenvalue weighted by molar-refractivity contribution is -0.0763. The molecule has 0 aliphatic rings. The Morgan fingerprint density at radius 2 is 1.77 bits per heavy atom. The number of rotatable bonds is 12. The number of aromatic nitrogens is 2. The van der Waals surface area contributed by atoms with Crippen molar-refractivity contribution in [2.24, 2.45) is 14.1 Å². The molecule has 5 atom stereocenters. The molecule has 0 aliphatic carbocycles. The van der Waals surface area contributed by atoms with E-state index in [9.17, 15) is 34.4 Å². The molecular weight excluding hydrogens is 431 g/mol. The Morgan fingerprint density at radius 1 is 1.19 bits per heavy atom. The molecule has 0 saturated heterocycles. The van der Waals surface area contributed by atoms with Crippen LogP contribution in [-0.2, 0) is 27.9 Å². The standard InChI is InChI=1S/C19H35N2O9P/c1-7-18(3,30-31(27,28)19(4,26)8-2)9-10-29-15(14(23)12-22)13-11-20(5)17(25)21(6)16(13)24/h11,14-15,22-23,26H,7-10,12H2,1-6H3,(H,27,28)/t14-,15+,18?,19?/m1/s1. The first kappa shape index (κ1) is 27.7. The van der Waals surface area contributed by atoms with Crippen molar-refractivity contribution in [1.82, 2.24) is 9.13 Å². The van der Waals surface area contributed by atoms with E-state index in [0.717, 1.165) is 9.13 Å². The van der Waals surface area contributed by atoms with E-state index in [1.54, 1.807) is 20.8 Å². The second kappa shape index (κ2) is 10.5. The van der Waals surface area contributed by atoms with Crippen LogP contribution in [0.3, 0.4) is 0 Å². The topological polar surface area (TPSA) is 160 Å². The van der Waals surface area contributed by atoms with Crippen molar-refractivity contribution in [3.63, 3.8) is 0 Å². The molecule has 1 aromatic rings. The predicted octanol–water partition coefficient (Wildman–Crippen LogP) is 0.374. The van der Waals surface area contributed by atoms with Crippen LogP contribution < -0.4 is 11.2 Å². The summed E-state index contributed by atoms with van der Waals surface area (Å²) < 4.78 is 25.7. The molecule has 0 spiro atoms. The molecule has 0 saturated carbocycles. The minimum atomic E-state index is -4.39. The number of hydrogen-bond donors (Lipinski definition) is 4. The maximum atomic E-state index is 12.6. The average Bonchev–Trinajstić information content (AvgIpc) is 2.71. The van der Waals surface area contributed by atoms with Crippen LogP contribution in [0.2, 0.25) is 0 Å². The molecule has 12 heteroatoms. The lowest BCUT2D eigenvalue weighted by Crippen LogP contribution is -2.41. The summed E-state index contributed by atoms with van der Waals surface area (Å²) >= 11 is 0. The van der Waals surface area contributed by atoms with Crippen LogP contribution in [0.25, 0.3) is 0 Å². The van der Waals surface area contributed by atoms with E-state index in [1.165, 1.54) is 27.2 Å². The van der Waals surface area contributed by atoms with Gasteiger partial charge in [0.25, 0.3) is 5.56 Å². The lowest BCUT2D eigenvalue weighted by atomic mass is 10.00. The molecule has 1 aromatic heterocycles. The van der Waals surface area contributed by atoms with Gasteiger partial charge in [-0.1, -0.05) is 13.8 Å². The minimum absolute atomic E-state index is 0.0118. The largest absolute Gasteiger partial charge is 0.394 e. The maximum Gasteiger partial charge on any atom is 0.359 e. The predicted molar refractivity (Wildman–Crippen MR) is 114 cm³/mol. The van der Waals surface area contributed by atoms with E-state index in [-0.39, 0.29) is 25.0 Å². The number of ether oxygens (including phenoxy) is 1. The van der Waals surface area contributed by atoms with Gasteiger partial charge >= 0.3 is 13.3 Å². The van der Waals surface area contributed by atoms with Gasteiger partial charge in [-0.3, -0.25) is 13.9 Å². The van der Waals surface area contributed by atoms with Gasteiger partial charge in [-0.15, -0.1) is 0 Å². The third kappa shape index (κ3) is 6.35. The fourth-order valence-electron chi connectivity index (χ4n) is 2.82. The summed E-state index contributed by atoms with van der Waals surface area (Å²) in [5.74, 6) is 0. The second-order valence-corrected chi connectivity index (χ2v) is 10.3. The van der Waals surface area contributed by atoms with Crippen molar-refractivity contribution in [1.29, 1.82) is 0 Å². The summed E-state index contributed by atoms with van der Waals surface area (Å²) in [6.07, 6.45) is -1.02. The number of aliphatic hydroxyl groups excluding tert-OH is 2. The quantitative estimate of drug-likeness (QED) is 0.319. The fraction of sp³-hybridized carbons (Fsp3) is 0.789. The molecule has 0 radical (unpaired) electrons. The van der Waals surface area contributed by atoms with Crippen molar-refractivity contribution >= 4 is 7.60 Å². The monoisotopic (exact) mass is 466 g/mol. The molecule has 11 nitrogen and oxygen atoms in total. The van der Waals surface area contributed by atoms with Gasteiger partial charge in [-0.2, -0.15) is 0 Å². The van der Waals surface area contributed by atoms with Gasteiger partial charge in [0.15, 0.2) is 5.34 Å². The van der Waals surface area contributed by atoms with Gasteiger partial charge in [0.2, 0.25) is 0 Å². The SMILES string of the molecule is CCC(C)(CCO[C@@H](c1cn(C)c(=O)n(C)c1=O)[C@H](O)CO)OP(=O)(O)C(C)(O)CC. The molecule has 0 bridgehead atoms. The van der Waals surface area contributed by atoms with Crippen molar-refractivity contribution in [3.05, 3.63) is 32.6 Å². The Morgan fingerprint density at radius 3 is 2.26 bits per heavy atom. The first-order chi connectivity index (χ1) is 14.2. The highest BCUT2D eigenvalue weighted by atomic mass is 31.2. The lowest BCUT2D eigenvalue weighted by Gasteiger charge is -2.36. The summed E-state index contributed by atoms with van der Waals surface area (Å²) in [4.78, 5) is 34.7. The zero-order valence-corrected chi connectivity index (χ0v) is 19.8. The average molecular weight is 466 g/mol. The van der Waals surface area contributed by atoms with Gasteiger partial charge in [0, 0.05) is 26.7 Å². The normalized spacial score (nSPS) is 19.8. The Bertz CT molecular complexity index is 911. The number of hydrogen-bond acceptors (Lipinski definition) is 8. The van der Waals surface area contributed by atoms with Gasteiger partial charge in [-0.05, 0) is 26.7 Å². The molecule has 1 rings (SSSR count). The minimum Gasteiger partial charge on any atom is -0.394 e. The van der Waals surface area contributed by atoms with E-state index in [2.05, 4.69) is 0 Å². The van der Waals surface area contributed by atoms with E-state index >= 15 is 0 Å². The first-order valence-electron chi connectivity index (χ1n) is 10.1.